The summed E-state index contributed by atoms with van der Waals surface area (Å²) in [5.74, 6) is 0.582. The fourth-order valence-corrected chi connectivity index (χ4v) is 2.48. The van der Waals surface area contributed by atoms with Crippen LogP contribution in [0.25, 0.3) is 0 Å². The smallest absolute Gasteiger partial charge is 0.0602 e. The van der Waals surface area contributed by atoms with Gasteiger partial charge in [0.2, 0.25) is 0 Å². The van der Waals surface area contributed by atoms with E-state index in [9.17, 15) is 5.11 Å². The number of hydrogen-bond donors (Lipinski definition) is 2. The van der Waals surface area contributed by atoms with Crippen LogP contribution in [0.5, 0.6) is 0 Å². The predicted molar refractivity (Wildman–Crippen MR) is 79.7 cm³/mol. The molecule has 18 heavy (non-hydrogen) atoms. The molecule has 0 amide bonds. The number of unbranched alkanes of at least 4 members (excludes halogenated alkanes) is 1. The zero-order valence-electron chi connectivity index (χ0n) is 13.0. The molecule has 0 aliphatic rings. The molecule has 0 aliphatic carbocycles. The summed E-state index contributed by atoms with van der Waals surface area (Å²) in [6.45, 7) is 12.2. The number of nitrogens with zero attached hydrogens (tertiary/aromatic N) is 1. The van der Waals surface area contributed by atoms with Crippen molar-refractivity contribution in [2.75, 3.05) is 13.2 Å². The first-order valence-electron chi connectivity index (χ1n) is 7.59. The molecule has 0 saturated heterocycles. The number of hydrogen-bond acceptors (Lipinski definition) is 3. The summed E-state index contributed by atoms with van der Waals surface area (Å²) in [7, 11) is 0. The normalized spacial score (nSPS) is 17.2. The van der Waals surface area contributed by atoms with Gasteiger partial charge in [-0.05, 0) is 38.6 Å². The van der Waals surface area contributed by atoms with Crippen LogP contribution in [0.2, 0.25) is 0 Å². The highest BCUT2D eigenvalue weighted by Gasteiger charge is 2.27. The van der Waals surface area contributed by atoms with Gasteiger partial charge in [0.05, 0.1) is 6.61 Å². The number of nitrogens with two attached hydrogens (primary N) is 1. The zero-order valence-corrected chi connectivity index (χ0v) is 13.0. The Labute approximate surface area is 114 Å². The van der Waals surface area contributed by atoms with Gasteiger partial charge in [0.15, 0.2) is 0 Å². The van der Waals surface area contributed by atoms with Gasteiger partial charge in [-0.15, -0.1) is 0 Å². The average Bonchev–Trinajstić information content (AvgIpc) is 2.32. The van der Waals surface area contributed by atoms with Crippen LogP contribution in [-0.2, 0) is 0 Å². The summed E-state index contributed by atoms with van der Waals surface area (Å²) >= 11 is 0. The fraction of sp³-hybridized carbons (Fsp3) is 1.00. The first-order chi connectivity index (χ1) is 8.47. The SMILES string of the molecule is CCCCN(C(C)CC)C(CO)C(N)CC(C)C. The van der Waals surface area contributed by atoms with Crippen molar-refractivity contribution in [1.29, 1.82) is 0 Å². The van der Waals surface area contributed by atoms with E-state index in [1.165, 1.54) is 12.8 Å². The molecule has 0 radical (unpaired) electrons. The lowest BCUT2D eigenvalue weighted by Crippen LogP contribution is -2.54. The third-order valence-electron chi connectivity index (χ3n) is 3.78. The molecule has 110 valence electrons. The molecular weight excluding hydrogens is 224 g/mol. The second kappa shape index (κ2) is 9.76. The Bertz CT molecular complexity index is 197. The molecule has 0 fully saturated rings. The summed E-state index contributed by atoms with van der Waals surface area (Å²) < 4.78 is 0. The monoisotopic (exact) mass is 258 g/mol. The van der Waals surface area contributed by atoms with Crippen molar-refractivity contribution in [3.63, 3.8) is 0 Å². The molecule has 3 unspecified atom stereocenters. The molecule has 0 rings (SSSR count). The predicted octanol–water partition coefficient (Wildman–Crippen LogP) is 2.62. The molecule has 3 N–H and O–H groups in total. The van der Waals surface area contributed by atoms with E-state index in [2.05, 4.69) is 39.5 Å². The van der Waals surface area contributed by atoms with Crippen LogP contribution in [0.1, 0.15) is 60.3 Å². The Balaban J connectivity index is 4.67. The van der Waals surface area contributed by atoms with Crippen molar-refractivity contribution in [3.8, 4) is 0 Å². The summed E-state index contributed by atoms with van der Waals surface area (Å²) in [5, 5.41) is 9.70. The second-order valence-corrected chi connectivity index (χ2v) is 5.89. The molecular formula is C15H34N2O. The van der Waals surface area contributed by atoms with Crippen LogP contribution in [0.4, 0.5) is 0 Å². The molecule has 0 aromatic rings. The Morgan fingerprint density at radius 3 is 2.17 bits per heavy atom. The van der Waals surface area contributed by atoms with Crippen molar-refractivity contribution in [2.45, 2.75) is 78.4 Å². The lowest BCUT2D eigenvalue weighted by atomic mass is 9.96. The highest BCUT2D eigenvalue weighted by Crippen LogP contribution is 2.16. The third kappa shape index (κ3) is 6.17. The molecule has 3 nitrogen and oxygen atoms in total. The van der Waals surface area contributed by atoms with E-state index in [0.29, 0.717) is 12.0 Å². The third-order valence-corrected chi connectivity index (χ3v) is 3.78. The quantitative estimate of drug-likeness (QED) is 0.633. The van der Waals surface area contributed by atoms with E-state index in [1.807, 2.05) is 0 Å². The van der Waals surface area contributed by atoms with E-state index in [0.717, 1.165) is 19.4 Å². The first kappa shape index (κ1) is 17.9. The van der Waals surface area contributed by atoms with Gasteiger partial charge in [-0.2, -0.15) is 0 Å². The Hall–Kier alpha value is -0.120. The van der Waals surface area contributed by atoms with Gasteiger partial charge in [-0.25, -0.2) is 0 Å². The maximum atomic E-state index is 9.70. The van der Waals surface area contributed by atoms with E-state index < -0.39 is 0 Å². The van der Waals surface area contributed by atoms with Crippen LogP contribution in [0.3, 0.4) is 0 Å². The molecule has 3 heteroatoms. The van der Waals surface area contributed by atoms with Crippen LogP contribution >= 0.6 is 0 Å². The van der Waals surface area contributed by atoms with Crippen molar-refractivity contribution in [3.05, 3.63) is 0 Å². The van der Waals surface area contributed by atoms with Gasteiger partial charge in [0.1, 0.15) is 0 Å². The minimum Gasteiger partial charge on any atom is -0.395 e. The van der Waals surface area contributed by atoms with Crippen LogP contribution < -0.4 is 5.73 Å². The Morgan fingerprint density at radius 1 is 1.17 bits per heavy atom. The molecule has 0 spiro atoms. The molecule has 0 aliphatic heterocycles. The highest BCUT2D eigenvalue weighted by molar-refractivity contribution is 4.85. The summed E-state index contributed by atoms with van der Waals surface area (Å²) in [6, 6.07) is 0.668. The maximum absolute atomic E-state index is 9.70. The Morgan fingerprint density at radius 2 is 1.78 bits per heavy atom. The standard InChI is InChI=1S/C15H34N2O/c1-6-8-9-17(13(5)7-2)15(11-18)14(16)10-12(3)4/h12-15,18H,6-11,16H2,1-5H3. The lowest BCUT2D eigenvalue weighted by Gasteiger charge is -2.39. The number of aliphatic hydroxyl groups is 1. The minimum absolute atomic E-state index is 0.0702. The van der Waals surface area contributed by atoms with Crippen LogP contribution in [-0.4, -0.2) is 41.3 Å². The van der Waals surface area contributed by atoms with E-state index in [1.54, 1.807) is 0 Å². The average molecular weight is 258 g/mol. The van der Waals surface area contributed by atoms with Gasteiger partial charge in [-0.3, -0.25) is 4.90 Å². The van der Waals surface area contributed by atoms with E-state index in [-0.39, 0.29) is 18.7 Å². The largest absolute Gasteiger partial charge is 0.395 e. The molecule has 0 heterocycles. The van der Waals surface area contributed by atoms with E-state index in [4.69, 9.17) is 5.73 Å². The van der Waals surface area contributed by atoms with Crippen molar-refractivity contribution >= 4 is 0 Å². The van der Waals surface area contributed by atoms with Crippen molar-refractivity contribution < 1.29 is 5.11 Å². The van der Waals surface area contributed by atoms with Gasteiger partial charge < -0.3 is 10.8 Å². The van der Waals surface area contributed by atoms with Crippen LogP contribution in [0, 0.1) is 5.92 Å². The topological polar surface area (TPSA) is 49.5 Å². The van der Waals surface area contributed by atoms with Gasteiger partial charge >= 0.3 is 0 Å². The van der Waals surface area contributed by atoms with E-state index >= 15 is 0 Å². The molecule has 3 atom stereocenters. The number of rotatable bonds is 10. The highest BCUT2D eigenvalue weighted by atomic mass is 16.3. The second-order valence-electron chi connectivity index (χ2n) is 5.89. The molecule has 0 bridgehead atoms. The maximum Gasteiger partial charge on any atom is 0.0602 e. The fourth-order valence-electron chi connectivity index (χ4n) is 2.48. The summed E-state index contributed by atoms with van der Waals surface area (Å²) in [5.41, 5.74) is 6.29. The van der Waals surface area contributed by atoms with Gasteiger partial charge in [0, 0.05) is 18.1 Å². The first-order valence-corrected chi connectivity index (χ1v) is 7.59. The van der Waals surface area contributed by atoms with Crippen molar-refractivity contribution in [1.82, 2.24) is 4.90 Å². The van der Waals surface area contributed by atoms with Crippen LogP contribution in [0.15, 0.2) is 0 Å². The number of aliphatic hydroxyl groups excluding tert-OH is 1. The van der Waals surface area contributed by atoms with Gasteiger partial charge in [-0.1, -0.05) is 34.1 Å². The van der Waals surface area contributed by atoms with Crippen molar-refractivity contribution in [2.24, 2.45) is 11.7 Å². The molecule has 0 aromatic heterocycles. The van der Waals surface area contributed by atoms with Gasteiger partial charge in [0.25, 0.3) is 0 Å². The molecule has 0 saturated carbocycles. The molecule has 0 aromatic carbocycles. The Kier molecular flexibility index (Phi) is 9.70. The zero-order chi connectivity index (χ0) is 14.1. The summed E-state index contributed by atoms with van der Waals surface area (Å²) in [6.07, 6.45) is 4.44. The summed E-state index contributed by atoms with van der Waals surface area (Å²) in [4.78, 5) is 2.41. The minimum atomic E-state index is 0.0702. The lowest BCUT2D eigenvalue weighted by molar-refractivity contribution is 0.0648.